The van der Waals surface area contributed by atoms with Crippen molar-refractivity contribution in [2.75, 3.05) is 18.0 Å². The summed E-state index contributed by atoms with van der Waals surface area (Å²) in [6.07, 6.45) is 4.88. The Morgan fingerprint density at radius 1 is 1.30 bits per heavy atom. The fraction of sp³-hybridized carbons (Fsp3) is 0.357. The van der Waals surface area contributed by atoms with Crippen molar-refractivity contribution in [1.29, 1.82) is 0 Å². The van der Waals surface area contributed by atoms with E-state index in [0.29, 0.717) is 12.6 Å². The normalized spacial score (nSPS) is 18.1. The third kappa shape index (κ3) is 2.94. The van der Waals surface area contributed by atoms with Crippen molar-refractivity contribution < 1.29 is 4.39 Å². The van der Waals surface area contributed by atoms with E-state index in [1.54, 1.807) is 0 Å². The van der Waals surface area contributed by atoms with Crippen molar-refractivity contribution in [3.05, 3.63) is 48.0 Å². The molecular formula is C14H18ClFN4. The molecule has 0 aliphatic carbocycles. The molecule has 0 radical (unpaired) electrons. The summed E-state index contributed by atoms with van der Waals surface area (Å²) in [6.45, 7) is 2.39. The first-order valence-electron chi connectivity index (χ1n) is 6.50. The first-order valence-corrected chi connectivity index (χ1v) is 6.50. The van der Waals surface area contributed by atoms with Crippen LogP contribution in [0.4, 0.5) is 10.1 Å². The summed E-state index contributed by atoms with van der Waals surface area (Å²) in [5.41, 5.74) is 7.72. The second kappa shape index (κ2) is 6.24. The molecule has 0 unspecified atom stereocenters. The molecule has 1 aliphatic heterocycles. The fourth-order valence-electron chi connectivity index (χ4n) is 2.53. The van der Waals surface area contributed by atoms with Gasteiger partial charge in [-0.05, 0) is 30.7 Å². The Labute approximate surface area is 123 Å². The van der Waals surface area contributed by atoms with Crippen LogP contribution in [-0.2, 0) is 6.54 Å². The van der Waals surface area contributed by atoms with Crippen LogP contribution in [0.2, 0.25) is 0 Å². The molecule has 108 valence electrons. The standard InChI is InChI=1S/C14H17FN4.ClH/c15-12-1-3-13(4-2-12)18-6-5-14(10-18)19-9-11(7-16)8-17-19;/h1-4,8-9,14H,5-7,10,16H2;1H/t14-;/m0./s1. The molecule has 2 N–H and O–H groups in total. The molecule has 2 heterocycles. The Bertz CT molecular complexity index is 555. The van der Waals surface area contributed by atoms with Crippen molar-refractivity contribution >= 4 is 18.1 Å². The first-order chi connectivity index (χ1) is 9.26. The van der Waals surface area contributed by atoms with Crippen LogP contribution in [0.15, 0.2) is 36.7 Å². The number of anilines is 1. The van der Waals surface area contributed by atoms with Crippen LogP contribution < -0.4 is 10.6 Å². The average molecular weight is 297 g/mol. The lowest BCUT2D eigenvalue weighted by atomic mass is 10.2. The third-order valence-electron chi connectivity index (χ3n) is 3.62. The molecule has 1 atom stereocenters. The van der Waals surface area contributed by atoms with Crippen LogP contribution >= 0.6 is 12.4 Å². The molecule has 6 heteroatoms. The number of nitrogens with zero attached hydrogens (tertiary/aromatic N) is 3. The lowest BCUT2D eigenvalue weighted by molar-refractivity contribution is 0.494. The van der Waals surface area contributed by atoms with E-state index in [1.807, 2.05) is 29.2 Å². The van der Waals surface area contributed by atoms with Gasteiger partial charge in [0.2, 0.25) is 0 Å². The van der Waals surface area contributed by atoms with Gasteiger partial charge in [0.15, 0.2) is 0 Å². The predicted octanol–water partition coefficient (Wildman–Crippen LogP) is 2.35. The molecule has 1 saturated heterocycles. The van der Waals surface area contributed by atoms with Crippen LogP contribution in [0, 0.1) is 5.82 Å². The molecule has 20 heavy (non-hydrogen) atoms. The Morgan fingerprint density at radius 2 is 2.05 bits per heavy atom. The zero-order chi connectivity index (χ0) is 13.2. The molecule has 3 rings (SSSR count). The van der Waals surface area contributed by atoms with Crippen LogP contribution in [0.25, 0.3) is 0 Å². The molecule has 0 bridgehead atoms. The molecule has 1 aromatic carbocycles. The van der Waals surface area contributed by atoms with Crippen molar-refractivity contribution in [3.63, 3.8) is 0 Å². The van der Waals surface area contributed by atoms with E-state index in [0.717, 1.165) is 30.8 Å². The Morgan fingerprint density at radius 3 is 2.70 bits per heavy atom. The van der Waals surface area contributed by atoms with Gasteiger partial charge in [-0.1, -0.05) is 0 Å². The number of nitrogens with two attached hydrogens (primary N) is 1. The van der Waals surface area contributed by atoms with Gasteiger partial charge in [-0.3, -0.25) is 4.68 Å². The van der Waals surface area contributed by atoms with E-state index in [2.05, 4.69) is 10.00 Å². The quantitative estimate of drug-likeness (QED) is 0.946. The summed E-state index contributed by atoms with van der Waals surface area (Å²) in [4.78, 5) is 2.26. The minimum absolute atomic E-state index is 0. The molecule has 1 aromatic heterocycles. The van der Waals surface area contributed by atoms with E-state index < -0.39 is 0 Å². The third-order valence-corrected chi connectivity index (χ3v) is 3.62. The Balaban J connectivity index is 0.00000147. The number of rotatable bonds is 3. The van der Waals surface area contributed by atoms with Gasteiger partial charge in [0, 0.05) is 37.1 Å². The number of halogens is 2. The van der Waals surface area contributed by atoms with Gasteiger partial charge in [-0.2, -0.15) is 5.10 Å². The summed E-state index contributed by atoms with van der Waals surface area (Å²) < 4.78 is 14.9. The summed E-state index contributed by atoms with van der Waals surface area (Å²) >= 11 is 0. The maximum Gasteiger partial charge on any atom is 0.123 e. The van der Waals surface area contributed by atoms with E-state index in [4.69, 9.17) is 5.73 Å². The summed E-state index contributed by atoms with van der Waals surface area (Å²) in [7, 11) is 0. The van der Waals surface area contributed by atoms with Gasteiger partial charge in [-0.15, -0.1) is 12.4 Å². The van der Waals surface area contributed by atoms with Crippen LogP contribution in [-0.4, -0.2) is 22.9 Å². The average Bonchev–Trinajstić information content (AvgIpc) is 3.08. The van der Waals surface area contributed by atoms with Gasteiger partial charge in [0.05, 0.1) is 12.2 Å². The molecule has 0 spiro atoms. The summed E-state index contributed by atoms with van der Waals surface area (Å²) in [5.74, 6) is -0.195. The number of hydrogen-bond donors (Lipinski definition) is 1. The monoisotopic (exact) mass is 296 g/mol. The summed E-state index contributed by atoms with van der Waals surface area (Å²) in [5, 5.41) is 4.36. The van der Waals surface area contributed by atoms with Gasteiger partial charge >= 0.3 is 0 Å². The van der Waals surface area contributed by atoms with Crippen LogP contribution in [0.5, 0.6) is 0 Å². The van der Waals surface area contributed by atoms with E-state index >= 15 is 0 Å². The first kappa shape index (κ1) is 14.8. The van der Waals surface area contributed by atoms with Gasteiger partial charge in [-0.25, -0.2) is 4.39 Å². The smallest absolute Gasteiger partial charge is 0.123 e. The Hall–Kier alpha value is -1.59. The topological polar surface area (TPSA) is 47.1 Å². The number of benzene rings is 1. The highest BCUT2D eigenvalue weighted by molar-refractivity contribution is 5.85. The molecule has 1 fully saturated rings. The largest absolute Gasteiger partial charge is 0.369 e. The maximum atomic E-state index is 12.9. The van der Waals surface area contributed by atoms with Crippen molar-refractivity contribution in [2.24, 2.45) is 5.73 Å². The van der Waals surface area contributed by atoms with Crippen molar-refractivity contribution in [2.45, 2.75) is 19.0 Å². The molecule has 2 aromatic rings. The SMILES string of the molecule is Cl.NCc1cnn([C@H]2CCN(c3ccc(F)cc3)C2)c1. The highest BCUT2D eigenvalue weighted by atomic mass is 35.5. The summed E-state index contributed by atoms with van der Waals surface area (Å²) in [6, 6.07) is 7.02. The number of aromatic nitrogens is 2. The van der Waals surface area contributed by atoms with Gasteiger partial charge in [0.25, 0.3) is 0 Å². The van der Waals surface area contributed by atoms with E-state index in [9.17, 15) is 4.39 Å². The van der Waals surface area contributed by atoms with Gasteiger partial charge < -0.3 is 10.6 Å². The van der Waals surface area contributed by atoms with E-state index in [1.165, 1.54) is 12.1 Å². The minimum atomic E-state index is -0.195. The molecule has 0 amide bonds. The minimum Gasteiger partial charge on any atom is -0.369 e. The van der Waals surface area contributed by atoms with Gasteiger partial charge in [0.1, 0.15) is 5.82 Å². The molecule has 4 nitrogen and oxygen atoms in total. The zero-order valence-corrected chi connectivity index (χ0v) is 11.9. The highest BCUT2D eigenvalue weighted by Gasteiger charge is 2.24. The molecule has 0 saturated carbocycles. The fourth-order valence-corrected chi connectivity index (χ4v) is 2.53. The Kier molecular flexibility index (Phi) is 4.62. The second-order valence-electron chi connectivity index (χ2n) is 4.90. The predicted molar refractivity (Wildman–Crippen MR) is 79.6 cm³/mol. The van der Waals surface area contributed by atoms with Crippen LogP contribution in [0.3, 0.4) is 0 Å². The maximum absolute atomic E-state index is 12.9. The lowest BCUT2D eigenvalue weighted by Crippen LogP contribution is -2.21. The van der Waals surface area contributed by atoms with Crippen molar-refractivity contribution in [1.82, 2.24) is 9.78 Å². The molecular weight excluding hydrogens is 279 g/mol. The van der Waals surface area contributed by atoms with Crippen molar-refractivity contribution in [3.8, 4) is 0 Å². The second-order valence-corrected chi connectivity index (χ2v) is 4.90. The highest BCUT2D eigenvalue weighted by Crippen LogP contribution is 2.26. The number of hydrogen-bond acceptors (Lipinski definition) is 3. The zero-order valence-electron chi connectivity index (χ0n) is 11.1. The lowest BCUT2D eigenvalue weighted by Gasteiger charge is -2.18. The molecule has 1 aliphatic rings. The van der Waals surface area contributed by atoms with E-state index in [-0.39, 0.29) is 18.2 Å². The van der Waals surface area contributed by atoms with Crippen LogP contribution in [0.1, 0.15) is 18.0 Å².